The molecule has 0 aliphatic carbocycles. The maximum atomic E-state index is 11.9. The van der Waals surface area contributed by atoms with Gasteiger partial charge in [-0.2, -0.15) is 0 Å². The molecule has 9 heteroatoms. The van der Waals surface area contributed by atoms with Crippen LogP contribution in [-0.2, 0) is 14.3 Å². The fourth-order valence-corrected chi connectivity index (χ4v) is 1.17. The highest BCUT2D eigenvalue weighted by Gasteiger charge is 2.21. The van der Waals surface area contributed by atoms with E-state index in [2.05, 4.69) is 10.0 Å². The normalized spacial score (nSPS) is 10.6. The van der Waals surface area contributed by atoms with Gasteiger partial charge >= 0.3 is 12.1 Å². The van der Waals surface area contributed by atoms with Crippen molar-refractivity contribution in [1.82, 2.24) is 4.90 Å². The van der Waals surface area contributed by atoms with Crippen LogP contribution in [-0.4, -0.2) is 60.5 Å². The first-order chi connectivity index (χ1) is 9.26. The largest absolute Gasteiger partial charge is 0.480 e. The molecule has 0 saturated heterocycles. The van der Waals surface area contributed by atoms with Crippen molar-refractivity contribution in [2.75, 3.05) is 32.8 Å². The molecule has 1 N–H and O–H groups in total. The lowest BCUT2D eigenvalue weighted by molar-refractivity contribution is -0.142. The fraction of sp³-hybridized carbons (Fsp3) is 0.818. The van der Waals surface area contributed by atoms with Gasteiger partial charge < -0.3 is 19.5 Å². The second kappa shape index (κ2) is 9.00. The Kier molecular flexibility index (Phi) is 8.10. The molecule has 0 aromatic rings. The van der Waals surface area contributed by atoms with Crippen LogP contribution in [0.25, 0.3) is 10.4 Å². The molecule has 114 valence electrons. The molecule has 0 rings (SSSR count). The van der Waals surface area contributed by atoms with Crippen molar-refractivity contribution >= 4 is 12.1 Å². The maximum Gasteiger partial charge on any atom is 0.410 e. The summed E-state index contributed by atoms with van der Waals surface area (Å²) >= 11 is 0. The van der Waals surface area contributed by atoms with E-state index in [1.807, 2.05) is 0 Å². The molecule has 0 aliphatic rings. The molecule has 0 fully saturated rings. The van der Waals surface area contributed by atoms with E-state index in [-0.39, 0.29) is 26.2 Å². The monoisotopic (exact) mass is 288 g/mol. The van der Waals surface area contributed by atoms with E-state index in [4.69, 9.17) is 20.1 Å². The maximum absolute atomic E-state index is 11.9. The SMILES string of the molecule is CC(C)(C)OC(=O)N(CCN=[N+]=[N-])CCOCC(=O)O. The van der Waals surface area contributed by atoms with Gasteiger partial charge in [0.25, 0.3) is 0 Å². The second-order valence-corrected chi connectivity index (χ2v) is 4.87. The van der Waals surface area contributed by atoms with Crippen LogP contribution in [0.4, 0.5) is 4.79 Å². The van der Waals surface area contributed by atoms with E-state index in [1.165, 1.54) is 4.90 Å². The number of ether oxygens (including phenoxy) is 2. The van der Waals surface area contributed by atoms with E-state index in [9.17, 15) is 9.59 Å². The highest BCUT2D eigenvalue weighted by Crippen LogP contribution is 2.09. The summed E-state index contributed by atoms with van der Waals surface area (Å²) in [4.78, 5) is 26.1. The average molecular weight is 288 g/mol. The topological polar surface area (TPSA) is 125 Å². The number of azide groups is 1. The molecule has 9 nitrogen and oxygen atoms in total. The number of carboxylic acids is 1. The number of carbonyl (C=O) groups is 2. The standard InChI is InChI=1S/C11H20N4O5/c1-11(2,3)20-10(18)15(5-4-13-14-12)6-7-19-8-9(16)17/h4-8H2,1-3H3,(H,16,17). The number of amides is 1. The summed E-state index contributed by atoms with van der Waals surface area (Å²) in [5, 5.41) is 11.8. The van der Waals surface area contributed by atoms with Gasteiger partial charge in [-0.3, -0.25) is 0 Å². The van der Waals surface area contributed by atoms with Gasteiger partial charge in [0.2, 0.25) is 0 Å². The number of carbonyl (C=O) groups excluding carboxylic acids is 1. The molecule has 0 aromatic heterocycles. The first-order valence-corrected chi connectivity index (χ1v) is 6.04. The van der Waals surface area contributed by atoms with Crippen LogP contribution < -0.4 is 0 Å². The lowest BCUT2D eigenvalue weighted by Crippen LogP contribution is -2.40. The van der Waals surface area contributed by atoms with Crippen LogP contribution in [0.3, 0.4) is 0 Å². The highest BCUT2D eigenvalue weighted by atomic mass is 16.6. The summed E-state index contributed by atoms with van der Waals surface area (Å²) in [5.74, 6) is -1.08. The number of carboxylic acid groups (broad SMARTS) is 1. The summed E-state index contributed by atoms with van der Waals surface area (Å²) in [5.41, 5.74) is 7.57. The molecule has 0 heterocycles. The Labute approximate surface area is 117 Å². The Morgan fingerprint density at radius 2 is 2.00 bits per heavy atom. The number of aliphatic carboxylic acids is 1. The quantitative estimate of drug-likeness (QED) is 0.314. The third-order valence-corrected chi connectivity index (χ3v) is 1.92. The minimum atomic E-state index is -1.08. The molecule has 0 bridgehead atoms. The highest BCUT2D eigenvalue weighted by molar-refractivity contribution is 5.68. The molecular formula is C11H20N4O5. The molecule has 0 unspecified atom stereocenters. The number of hydrogen-bond donors (Lipinski definition) is 1. The lowest BCUT2D eigenvalue weighted by Gasteiger charge is -2.26. The van der Waals surface area contributed by atoms with Gasteiger partial charge in [-0.1, -0.05) is 5.11 Å². The molecule has 20 heavy (non-hydrogen) atoms. The van der Waals surface area contributed by atoms with Crippen LogP contribution in [0.15, 0.2) is 5.11 Å². The smallest absolute Gasteiger partial charge is 0.410 e. The summed E-state index contributed by atoms with van der Waals surface area (Å²) in [6, 6.07) is 0. The Morgan fingerprint density at radius 1 is 1.35 bits per heavy atom. The number of rotatable bonds is 8. The Balaban J connectivity index is 4.35. The van der Waals surface area contributed by atoms with Gasteiger partial charge in [-0.25, -0.2) is 9.59 Å². The zero-order valence-electron chi connectivity index (χ0n) is 11.9. The zero-order chi connectivity index (χ0) is 15.6. The van der Waals surface area contributed by atoms with E-state index < -0.39 is 24.3 Å². The molecule has 0 radical (unpaired) electrons. The average Bonchev–Trinajstić information content (AvgIpc) is 2.29. The lowest BCUT2D eigenvalue weighted by atomic mass is 10.2. The third kappa shape index (κ3) is 9.98. The van der Waals surface area contributed by atoms with Crippen LogP contribution in [0.5, 0.6) is 0 Å². The minimum absolute atomic E-state index is 0.0574. The van der Waals surface area contributed by atoms with E-state index >= 15 is 0 Å². The molecule has 0 aliphatic heterocycles. The van der Waals surface area contributed by atoms with Crippen molar-refractivity contribution in [3.05, 3.63) is 10.4 Å². The Bertz CT molecular complexity index is 373. The number of nitrogens with zero attached hydrogens (tertiary/aromatic N) is 4. The Morgan fingerprint density at radius 3 is 2.50 bits per heavy atom. The van der Waals surface area contributed by atoms with Crippen molar-refractivity contribution in [3.8, 4) is 0 Å². The first kappa shape index (κ1) is 18.0. The predicted molar refractivity (Wildman–Crippen MR) is 70.3 cm³/mol. The predicted octanol–water partition coefficient (Wildman–Crippen LogP) is 1.64. The van der Waals surface area contributed by atoms with Crippen molar-refractivity contribution in [1.29, 1.82) is 0 Å². The van der Waals surface area contributed by atoms with Gasteiger partial charge in [0.1, 0.15) is 12.2 Å². The number of hydrogen-bond acceptors (Lipinski definition) is 5. The zero-order valence-corrected chi connectivity index (χ0v) is 11.9. The van der Waals surface area contributed by atoms with Crippen molar-refractivity contribution in [2.45, 2.75) is 26.4 Å². The molecule has 0 atom stereocenters. The van der Waals surface area contributed by atoms with E-state index in [1.54, 1.807) is 20.8 Å². The Hall–Kier alpha value is -1.99. The van der Waals surface area contributed by atoms with Crippen molar-refractivity contribution < 1.29 is 24.2 Å². The first-order valence-electron chi connectivity index (χ1n) is 6.04. The minimum Gasteiger partial charge on any atom is -0.480 e. The van der Waals surface area contributed by atoms with E-state index in [0.29, 0.717) is 0 Å². The third-order valence-electron chi connectivity index (χ3n) is 1.92. The van der Waals surface area contributed by atoms with Crippen molar-refractivity contribution in [3.63, 3.8) is 0 Å². The van der Waals surface area contributed by atoms with Gasteiger partial charge in [0.05, 0.1) is 6.61 Å². The summed E-state index contributed by atoms with van der Waals surface area (Å²) in [6.45, 7) is 5.26. The van der Waals surface area contributed by atoms with Gasteiger partial charge in [-0.05, 0) is 26.3 Å². The molecule has 0 saturated carbocycles. The van der Waals surface area contributed by atoms with Crippen molar-refractivity contribution in [2.24, 2.45) is 5.11 Å². The molecule has 0 aromatic carbocycles. The fourth-order valence-electron chi connectivity index (χ4n) is 1.17. The summed E-state index contributed by atoms with van der Waals surface area (Å²) in [7, 11) is 0. The van der Waals surface area contributed by atoms with Crippen LogP contribution in [0.2, 0.25) is 0 Å². The molecular weight excluding hydrogens is 268 g/mol. The van der Waals surface area contributed by atoms with Gasteiger partial charge in [-0.15, -0.1) is 0 Å². The van der Waals surface area contributed by atoms with Crippen LogP contribution >= 0.6 is 0 Å². The molecule has 0 spiro atoms. The van der Waals surface area contributed by atoms with Crippen LogP contribution in [0, 0.1) is 0 Å². The molecule has 1 amide bonds. The van der Waals surface area contributed by atoms with Gasteiger partial charge in [0, 0.05) is 24.5 Å². The summed E-state index contributed by atoms with van der Waals surface area (Å²) < 4.78 is 10.0. The van der Waals surface area contributed by atoms with E-state index in [0.717, 1.165) is 0 Å². The second-order valence-electron chi connectivity index (χ2n) is 4.87. The van der Waals surface area contributed by atoms with Gasteiger partial charge in [0.15, 0.2) is 0 Å². The summed E-state index contributed by atoms with van der Waals surface area (Å²) in [6.07, 6.45) is -0.565. The van der Waals surface area contributed by atoms with Crippen LogP contribution in [0.1, 0.15) is 20.8 Å².